The summed E-state index contributed by atoms with van der Waals surface area (Å²) in [6.45, 7) is 6.64. The molecule has 124 valence electrons. The molecule has 1 heterocycles. The molecule has 0 aliphatic carbocycles. The van der Waals surface area contributed by atoms with E-state index in [0.717, 1.165) is 0 Å². The van der Waals surface area contributed by atoms with E-state index in [9.17, 15) is 4.79 Å². The van der Waals surface area contributed by atoms with Crippen LogP contribution in [-0.2, 0) is 4.79 Å². The van der Waals surface area contributed by atoms with E-state index in [4.69, 9.17) is 23.2 Å². The second kappa shape index (κ2) is 7.67. The summed E-state index contributed by atoms with van der Waals surface area (Å²) in [7, 11) is 0. The van der Waals surface area contributed by atoms with Crippen LogP contribution in [0.25, 0.3) is 0 Å². The summed E-state index contributed by atoms with van der Waals surface area (Å²) in [6.07, 6.45) is 0. The van der Waals surface area contributed by atoms with Crippen LogP contribution in [0, 0.1) is 5.41 Å². The van der Waals surface area contributed by atoms with Gasteiger partial charge in [0.25, 0.3) is 0 Å². The van der Waals surface area contributed by atoms with Crippen molar-refractivity contribution < 1.29 is 4.79 Å². The molecule has 1 aromatic heterocycles. The Balaban J connectivity index is 2.01. The summed E-state index contributed by atoms with van der Waals surface area (Å²) in [5.74, 6) is -0.153. The van der Waals surface area contributed by atoms with Gasteiger partial charge in [-0.1, -0.05) is 50.0 Å². The highest BCUT2D eigenvalue weighted by molar-refractivity contribution is 7.10. The third-order valence-corrected chi connectivity index (χ3v) is 4.86. The Hall–Kier alpha value is -1.07. The van der Waals surface area contributed by atoms with Gasteiger partial charge in [0.2, 0.25) is 5.91 Å². The first kappa shape index (κ1) is 18.3. The van der Waals surface area contributed by atoms with Crippen molar-refractivity contribution in [2.24, 2.45) is 5.41 Å². The number of carbonyl (C=O) groups is 1. The lowest BCUT2D eigenvalue weighted by Gasteiger charge is -2.30. The molecule has 1 atom stereocenters. The largest absolute Gasteiger partial charge is 0.324 e. The maximum absolute atomic E-state index is 12.2. The van der Waals surface area contributed by atoms with Crippen molar-refractivity contribution in [1.29, 1.82) is 0 Å². The van der Waals surface area contributed by atoms with Crippen molar-refractivity contribution in [2.75, 3.05) is 11.9 Å². The quantitative estimate of drug-likeness (QED) is 0.742. The standard InChI is InChI=1S/C17H20Cl2N2OS/c1-17(2,3)16(14-5-4-8-23-14)20-10-15(22)21-13-9-11(18)6-7-12(13)19/h4-9,16,20H,10H2,1-3H3,(H,21,22). The Morgan fingerprint density at radius 1 is 1.26 bits per heavy atom. The second-order valence-electron chi connectivity index (χ2n) is 6.37. The SMILES string of the molecule is CC(C)(C)C(NCC(=O)Nc1cc(Cl)ccc1Cl)c1cccs1. The molecular weight excluding hydrogens is 351 g/mol. The first-order valence-corrected chi connectivity index (χ1v) is 8.92. The smallest absolute Gasteiger partial charge is 0.238 e. The lowest BCUT2D eigenvalue weighted by Crippen LogP contribution is -2.37. The summed E-state index contributed by atoms with van der Waals surface area (Å²) in [5.41, 5.74) is 0.521. The predicted molar refractivity (Wildman–Crippen MR) is 99.6 cm³/mol. The molecule has 0 saturated heterocycles. The number of anilines is 1. The molecule has 23 heavy (non-hydrogen) atoms. The third kappa shape index (κ3) is 5.21. The summed E-state index contributed by atoms with van der Waals surface area (Å²) in [6, 6.07) is 9.19. The fourth-order valence-electron chi connectivity index (χ4n) is 2.27. The molecule has 0 aliphatic heterocycles. The van der Waals surface area contributed by atoms with Crippen LogP contribution in [0.3, 0.4) is 0 Å². The Bertz CT molecular complexity index is 666. The molecule has 2 N–H and O–H groups in total. The van der Waals surface area contributed by atoms with Crippen molar-refractivity contribution in [3.63, 3.8) is 0 Å². The Morgan fingerprint density at radius 3 is 2.61 bits per heavy atom. The molecular formula is C17H20Cl2N2OS. The van der Waals surface area contributed by atoms with Gasteiger partial charge in [-0.2, -0.15) is 0 Å². The van der Waals surface area contributed by atoms with E-state index in [0.29, 0.717) is 15.7 Å². The van der Waals surface area contributed by atoms with E-state index < -0.39 is 0 Å². The molecule has 0 radical (unpaired) electrons. The number of benzene rings is 1. The van der Waals surface area contributed by atoms with Crippen LogP contribution in [0.15, 0.2) is 35.7 Å². The predicted octanol–water partition coefficient (Wildman–Crippen LogP) is 5.37. The lowest BCUT2D eigenvalue weighted by atomic mass is 9.86. The molecule has 0 aliphatic rings. The van der Waals surface area contributed by atoms with E-state index in [1.807, 2.05) is 11.4 Å². The molecule has 6 heteroatoms. The fourth-order valence-corrected chi connectivity index (χ4v) is 3.65. The lowest BCUT2D eigenvalue weighted by molar-refractivity contribution is -0.115. The van der Waals surface area contributed by atoms with Crippen LogP contribution in [-0.4, -0.2) is 12.5 Å². The topological polar surface area (TPSA) is 41.1 Å². The van der Waals surface area contributed by atoms with Gasteiger partial charge in [0.05, 0.1) is 17.3 Å². The number of hydrogen-bond acceptors (Lipinski definition) is 3. The van der Waals surface area contributed by atoms with Crippen LogP contribution in [0.1, 0.15) is 31.7 Å². The highest BCUT2D eigenvalue weighted by Gasteiger charge is 2.27. The molecule has 1 aromatic carbocycles. The van der Waals surface area contributed by atoms with Gasteiger partial charge in [-0.3, -0.25) is 4.79 Å². The molecule has 1 amide bonds. The fraction of sp³-hybridized carbons (Fsp3) is 0.353. The van der Waals surface area contributed by atoms with Crippen LogP contribution >= 0.6 is 34.5 Å². The van der Waals surface area contributed by atoms with Gasteiger partial charge < -0.3 is 10.6 Å². The monoisotopic (exact) mass is 370 g/mol. The Morgan fingerprint density at radius 2 is 2.00 bits per heavy atom. The average Bonchev–Trinajstić information content (AvgIpc) is 2.95. The van der Waals surface area contributed by atoms with Crippen molar-refractivity contribution in [1.82, 2.24) is 5.32 Å². The Kier molecular flexibility index (Phi) is 6.09. The Labute approximate surface area is 151 Å². The summed E-state index contributed by atoms with van der Waals surface area (Å²) in [4.78, 5) is 13.4. The van der Waals surface area contributed by atoms with Gasteiger partial charge >= 0.3 is 0 Å². The van der Waals surface area contributed by atoms with Crippen LogP contribution < -0.4 is 10.6 Å². The number of rotatable bonds is 5. The normalized spacial score (nSPS) is 12.9. The number of hydrogen-bond donors (Lipinski definition) is 2. The number of carbonyl (C=O) groups excluding carboxylic acids is 1. The van der Waals surface area contributed by atoms with E-state index in [2.05, 4.69) is 37.5 Å². The first-order valence-electron chi connectivity index (χ1n) is 7.29. The van der Waals surface area contributed by atoms with E-state index in [-0.39, 0.29) is 23.9 Å². The number of amides is 1. The van der Waals surface area contributed by atoms with Crippen LogP contribution in [0.2, 0.25) is 10.0 Å². The van der Waals surface area contributed by atoms with Gasteiger partial charge in [-0.05, 0) is 35.1 Å². The van der Waals surface area contributed by atoms with E-state index in [1.165, 1.54) is 4.88 Å². The molecule has 3 nitrogen and oxygen atoms in total. The number of thiophene rings is 1. The molecule has 2 rings (SSSR count). The maximum atomic E-state index is 12.2. The molecule has 2 aromatic rings. The van der Waals surface area contributed by atoms with Gasteiger partial charge in [0.1, 0.15) is 0 Å². The number of nitrogens with one attached hydrogen (secondary N) is 2. The zero-order chi connectivity index (χ0) is 17.0. The maximum Gasteiger partial charge on any atom is 0.238 e. The molecule has 1 unspecified atom stereocenters. The highest BCUT2D eigenvalue weighted by atomic mass is 35.5. The highest BCUT2D eigenvalue weighted by Crippen LogP contribution is 2.35. The van der Waals surface area contributed by atoms with Crippen LogP contribution in [0.4, 0.5) is 5.69 Å². The van der Waals surface area contributed by atoms with Gasteiger partial charge in [-0.25, -0.2) is 0 Å². The van der Waals surface area contributed by atoms with Crippen molar-refractivity contribution in [3.05, 3.63) is 50.6 Å². The van der Waals surface area contributed by atoms with Gasteiger partial charge in [0, 0.05) is 15.9 Å². The zero-order valence-corrected chi connectivity index (χ0v) is 15.6. The van der Waals surface area contributed by atoms with Gasteiger partial charge in [0.15, 0.2) is 0 Å². The number of halogens is 2. The van der Waals surface area contributed by atoms with Crippen molar-refractivity contribution >= 4 is 46.1 Å². The third-order valence-electron chi connectivity index (χ3n) is 3.36. The van der Waals surface area contributed by atoms with Crippen molar-refractivity contribution in [2.45, 2.75) is 26.8 Å². The first-order chi connectivity index (χ1) is 10.8. The molecule has 0 bridgehead atoms. The zero-order valence-electron chi connectivity index (χ0n) is 13.3. The van der Waals surface area contributed by atoms with E-state index in [1.54, 1.807) is 29.5 Å². The minimum Gasteiger partial charge on any atom is -0.324 e. The summed E-state index contributed by atoms with van der Waals surface area (Å²) >= 11 is 13.7. The van der Waals surface area contributed by atoms with Crippen molar-refractivity contribution in [3.8, 4) is 0 Å². The molecule has 0 saturated carbocycles. The summed E-state index contributed by atoms with van der Waals surface area (Å²) < 4.78 is 0. The summed E-state index contributed by atoms with van der Waals surface area (Å²) in [5, 5.41) is 9.17. The van der Waals surface area contributed by atoms with Gasteiger partial charge in [-0.15, -0.1) is 11.3 Å². The minimum absolute atomic E-state index is 0.00116. The average molecular weight is 371 g/mol. The van der Waals surface area contributed by atoms with E-state index >= 15 is 0 Å². The minimum atomic E-state index is -0.153. The van der Waals surface area contributed by atoms with Crippen LogP contribution in [0.5, 0.6) is 0 Å². The molecule has 0 spiro atoms. The second-order valence-corrected chi connectivity index (χ2v) is 8.19. The molecule has 0 fully saturated rings.